The van der Waals surface area contributed by atoms with Gasteiger partial charge in [0.2, 0.25) is 5.95 Å². The average molecular weight is 275 g/mol. The molecule has 1 unspecified atom stereocenters. The Morgan fingerprint density at radius 2 is 2.05 bits per heavy atom. The van der Waals surface area contributed by atoms with Gasteiger partial charge < -0.3 is 5.73 Å². The van der Waals surface area contributed by atoms with Gasteiger partial charge in [0.25, 0.3) is 0 Å². The Bertz CT molecular complexity index is 759. The van der Waals surface area contributed by atoms with E-state index in [9.17, 15) is 0 Å². The average Bonchev–Trinajstić information content (AvgIpc) is 2.55. The van der Waals surface area contributed by atoms with Gasteiger partial charge in [-0.2, -0.15) is 0 Å². The van der Waals surface area contributed by atoms with Crippen molar-refractivity contribution in [2.45, 2.75) is 25.2 Å². The monoisotopic (exact) mass is 275 g/mol. The molecule has 1 heterocycles. The Morgan fingerprint density at radius 3 is 2.90 bits per heavy atom. The van der Waals surface area contributed by atoms with Crippen LogP contribution in [0.2, 0.25) is 0 Å². The van der Waals surface area contributed by atoms with Crippen LogP contribution in [-0.4, -0.2) is 9.97 Å². The third kappa shape index (κ3) is 2.05. The Labute approximate surface area is 124 Å². The summed E-state index contributed by atoms with van der Waals surface area (Å²) in [4.78, 5) is 8.64. The zero-order valence-corrected chi connectivity index (χ0v) is 11.8. The summed E-state index contributed by atoms with van der Waals surface area (Å²) in [6, 6.07) is 8.52. The molecule has 104 valence electrons. The molecule has 0 fully saturated rings. The first kappa shape index (κ1) is 12.3. The molecule has 3 heteroatoms. The Kier molecular flexibility index (Phi) is 2.85. The van der Waals surface area contributed by atoms with Crippen LogP contribution in [0.25, 0.3) is 11.3 Å². The third-order valence-electron chi connectivity index (χ3n) is 4.32. The normalized spacial score (nSPS) is 19.6. The van der Waals surface area contributed by atoms with E-state index in [0.717, 1.165) is 25.0 Å². The van der Waals surface area contributed by atoms with E-state index >= 15 is 0 Å². The number of hydrogen-bond acceptors (Lipinski definition) is 3. The molecule has 2 aliphatic rings. The first-order chi connectivity index (χ1) is 10.3. The highest BCUT2D eigenvalue weighted by Gasteiger charge is 2.27. The minimum absolute atomic E-state index is 0.346. The molecule has 0 bridgehead atoms. The fourth-order valence-electron chi connectivity index (χ4n) is 3.34. The minimum atomic E-state index is 0.346. The van der Waals surface area contributed by atoms with Gasteiger partial charge in [0.05, 0.1) is 5.69 Å². The van der Waals surface area contributed by atoms with Crippen molar-refractivity contribution < 1.29 is 0 Å². The van der Waals surface area contributed by atoms with E-state index in [0.29, 0.717) is 11.9 Å². The standard InChI is InChI=1S/C18H17N3/c19-18-20-11-13-10-16(12-6-2-1-3-7-12)14-8-4-5-9-15(14)17(13)21-18/h2,4-9,11,16H,1,3,10H2,(H2,19,20,21). The lowest BCUT2D eigenvalue weighted by molar-refractivity contribution is 0.768. The molecule has 0 spiro atoms. The van der Waals surface area contributed by atoms with Crippen molar-refractivity contribution >= 4 is 5.95 Å². The van der Waals surface area contributed by atoms with Gasteiger partial charge in [0.1, 0.15) is 0 Å². The van der Waals surface area contributed by atoms with Gasteiger partial charge in [-0.15, -0.1) is 0 Å². The molecule has 1 aromatic carbocycles. The van der Waals surface area contributed by atoms with Gasteiger partial charge in [-0.1, -0.05) is 42.5 Å². The van der Waals surface area contributed by atoms with E-state index in [1.807, 2.05) is 6.20 Å². The second-order valence-corrected chi connectivity index (χ2v) is 5.63. The number of allylic oxidation sites excluding steroid dienone is 4. The summed E-state index contributed by atoms with van der Waals surface area (Å²) in [5.74, 6) is 0.747. The van der Waals surface area contributed by atoms with Crippen molar-refractivity contribution in [1.82, 2.24) is 9.97 Å². The van der Waals surface area contributed by atoms with Crippen molar-refractivity contribution in [2.75, 3.05) is 5.73 Å². The SMILES string of the molecule is Nc1ncc2c(n1)-c1ccccc1C(C1=CCCC=C1)C2. The van der Waals surface area contributed by atoms with Gasteiger partial charge in [-0.25, -0.2) is 9.97 Å². The Balaban J connectivity index is 1.89. The van der Waals surface area contributed by atoms with E-state index < -0.39 is 0 Å². The number of rotatable bonds is 1. The lowest BCUT2D eigenvalue weighted by Gasteiger charge is -2.28. The quantitative estimate of drug-likeness (QED) is 0.864. The highest BCUT2D eigenvalue weighted by molar-refractivity contribution is 5.72. The molecular formula is C18H17N3. The van der Waals surface area contributed by atoms with E-state index in [-0.39, 0.29) is 0 Å². The maximum atomic E-state index is 5.77. The number of nitrogen functional groups attached to an aromatic ring is 1. The maximum Gasteiger partial charge on any atom is 0.220 e. The molecule has 21 heavy (non-hydrogen) atoms. The highest BCUT2D eigenvalue weighted by atomic mass is 15.0. The molecule has 1 atom stereocenters. The van der Waals surface area contributed by atoms with Crippen LogP contribution in [0.3, 0.4) is 0 Å². The lowest BCUT2D eigenvalue weighted by Crippen LogP contribution is -2.15. The second kappa shape index (κ2) is 4.85. The molecule has 1 aromatic heterocycles. The summed E-state index contributed by atoms with van der Waals surface area (Å²) in [6.45, 7) is 0. The van der Waals surface area contributed by atoms with Crippen LogP contribution in [0.5, 0.6) is 0 Å². The molecule has 0 saturated heterocycles. The molecule has 2 aromatic rings. The van der Waals surface area contributed by atoms with Gasteiger partial charge in [-0.3, -0.25) is 0 Å². The highest BCUT2D eigenvalue weighted by Crippen LogP contribution is 2.42. The Morgan fingerprint density at radius 1 is 1.14 bits per heavy atom. The summed E-state index contributed by atoms with van der Waals surface area (Å²) in [6.07, 6.45) is 12.0. The Hall–Kier alpha value is -2.42. The van der Waals surface area contributed by atoms with Crippen LogP contribution in [0.1, 0.15) is 29.9 Å². The number of nitrogens with zero attached hydrogens (tertiary/aromatic N) is 2. The van der Waals surface area contributed by atoms with E-state index in [2.05, 4.69) is 52.5 Å². The van der Waals surface area contributed by atoms with Crippen LogP contribution < -0.4 is 5.73 Å². The molecule has 0 saturated carbocycles. The fourth-order valence-corrected chi connectivity index (χ4v) is 3.34. The smallest absolute Gasteiger partial charge is 0.220 e. The predicted octanol–water partition coefficient (Wildman–Crippen LogP) is 3.64. The van der Waals surface area contributed by atoms with Gasteiger partial charge >= 0.3 is 0 Å². The summed E-state index contributed by atoms with van der Waals surface area (Å²) in [7, 11) is 0. The molecular weight excluding hydrogens is 258 g/mol. The van der Waals surface area contributed by atoms with Gasteiger partial charge in [-0.05, 0) is 36.0 Å². The lowest BCUT2D eigenvalue weighted by atomic mass is 9.76. The summed E-state index contributed by atoms with van der Waals surface area (Å²) >= 11 is 0. The maximum absolute atomic E-state index is 5.77. The van der Waals surface area contributed by atoms with E-state index in [4.69, 9.17) is 5.73 Å². The molecule has 0 aliphatic heterocycles. The molecule has 3 nitrogen and oxygen atoms in total. The van der Waals surface area contributed by atoms with Crippen LogP contribution in [0, 0.1) is 0 Å². The van der Waals surface area contributed by atoms with Crippen molar-refractivity contribution in [2.24, 2.45) is 0 Å². The zero-order valence-electron chi connectivity index (χ0n) is 11.8. The van der Waals surface area contributed by atoms with Crippen LogP contribution >= 0.6 is 0 Å². The minimum Gasteiger partial charge on any atom is -0.368 e. The number of nitrogens with two attached hydrogens (primary N) is 1. The molecule has 4 rings (SSSR count). The number of aromatic nitrogens is 2. The molecule has 0 amide bonds. The topological polar surface area (TPSA) is 51.8 Å². The van der Waals surface area contributed by atoms with Crippen LogP contribution in [0.15, 0.2) is 54.3 Å². The summed E-state index contributed by atoms with van der Waals surface area (Å²) in [5.41, 5.74) is 11.9. The zero-order chi connectivity index (χ0) is 14.2. The van der Waals surface area contributed by atoms with Crippen molar-refractivity contribution in [1.29, 1.82) is 0 Å². The van der Waals surface area contributed by atoms with E-state index in [1.54, 1.807) is 0 Å². The van der Waals surface area contributed by atoms with Gasteiger partial charge in [0, 0.05) is 17.7 Å². The number of fused-ring (bicyclic) bond motifs is 3. The largest absolute Gasteiger partial charge is 0.368 e. The fraction of sp³-hybridized carbons (Fsp3) is 0.222. The molecule has 0 radical (unpaired) electrons. The second-order valence-electron chi connectivity index (χ2n) is 5.63. The molecule has 2 aliphatic carbocycles. The van der Waals surface area contributed by atoms with Crippen LogP contribution in [-0.2, 0) is 6.42 Å². The predicted molar refractivity (Wildman–Crippen MR) is 84.8 cm³/mol. The number of hydrogen-bond donors (Lipinski definition) is 1. The third-order valence-corrected chi connectivity index (χ3v) is 4.32. The first-order valence-electron chi connectivity index (χ1n) is 7.40. The first-order valence-corrected chi connectivity index (χ1v) is 7.40. The van der Waals surface area contributed by atoms with Crippen molar-refractivity contribution in [3.63, 3.8) is 0 Å². The van der Waals surface area contributed by atoms with Gasteiger partial charge in [0.15, 0.2) is 0 Å². The molecule has 2 N–H and O–H groups in total. The summed E-state index contributed by atoms with van der Waals surface area (Å²) in [5, 5.41) is 0. The van der Waals surface area contributed by atoms with E-state index in [1.165, 1.54) is 22.3 Å². The van der Waals surface area contributed by atoms with Crippen molar-refractivity contribution in [3.8, 4) is 11.3 Å². The number of anilines is 1. The van der Waals surface area contributed by atoms with Crippen LogP contribution in [0.4, 0.5) is 5.95 Å². The van der Waals surface area contributed by atoms with Crippen molar-refractivity contribution in [3.05, 3.63) is 65.4 Å². The summed E-state index contributed by atoms with van der Waals surface area (Å²) < 4.78 is 0. The number of benzene rings is 1.